The molecule has 96 valence electrons. The number of anilines is 1. The number of halogens is 2. The van der Waals surface area contributed by atoms with E-state index in [0.717, 1.165) is 18.9 Å². The van der Waals surface area contributed by atoms with Crippen molar-refractivity contribution in [1.29, 1.82) is 0 Å². The maximum Gasteiger partial charge on any atom is 0.339 e. The summed E-state index contributed by atoms with van der Waals surface area (Å²) in [6, 6.07) is 3.75. The smallest absolute Gasteiger partial charge is 0.339 e. The Bertz CT molecular complexity index is 366. The van der Waals surface area contributed by atoms with E-state index in [-0.39, 0.29) is 36.8 Å². The summed E-state index contributed by atoms with van der Waals surface area (Å²) in [4.78, 5) is 17.4. The van der Waals surface area contributed by atoms with Crippen LogP contribution < -0.4 is 10.6 Å². The van der Waals surface area contributed by atoms with E-state index in [9.17, 15) is 4.79 Å². The minimum absolute atomic E-state index is 0. The first-order valence-corrected chi connectivity index (χ1v) is 4.75. The van der Waals surface area contributed by atoms with Crippen molar-refractivity contribution >= 4 is 36.6 Å². The molecule has 0 radical (unpaired) electrons. The van der Waals surface area contributed by atoms with Gasteiger partial charge >= 0.3 is 5.97 Å². The van der Waals surface area contributed by atoms with E-state index in [1.807, 2.05) is 0 Å². The lowest BCUT2D eigenvalue weighted by Gasteiger charge is -2.37. The molecule has 0 aromatic carbocycles. The number of nitrogens with zero attached hydrogens (tertiary/aromatic N) is 2. The Morgan fingerprint density at radius 3 is 2.53 bits per heavy atom. The molecule has 7 heteroatoms. The average Bonchev–Trinajstić information content (AvgIpc) is 2.24. The highest BCUT2D eigenvalue weighted by molar-refractivity contribution is 5.89. The molecule has 2 rings (SSSR count). The fourth-order valence-electron chi connectivity index (χ4n) is 1.51. The van der Waals surface area contributed by atoms with Crippen LogP contribution in [0.5, 0.6) is 0 Å². The van der Waals surface area contributed by atoms with Crippen molar-refractivity contribution in [3.63, 3.8) is 0 Å². The number of nitrogens with two attached hydrogens (primary N) is 1. The molecule has 1 aromatic rings. The molecule has 0 atom stereocenters. The predicted octanol–water partition coefficient (Wildman–Crippen LogP) is 0.859. The fraction of sp³-hybridized carbons (Fsp3) is 0.400. The molecule has 2 heterocycles. The van der Waals surface area contributed by atoms with Gasteiger partial charge in [0.1, 0.15) is 5.82 Å². The Kier molecular flexibility index (Phi) is 6.23. The van der Waals surface area contributed by atoms with Crippen LogP contribution >= 0.6 is 24.8 Å². The van der Waals surface area contributed by atoms with Gasteiger partial charge in [-0.05, 0) is 12.1 Å². The van der Waals surface area contributed by atoms with Gasteiger partial charge in [-0.1, -0.05) is 0 Å². The lowest BCUT2D eigenvalue weighted by Crippen LogP contribution is -2.56. The largest absolute Gasteiger partial charge is 0.465 e. The molecule has 1 fully saturated rings. The van der Waals surface area contributed by atoms with E-state index in [1.165, 1.54) is 13.3 Å². The molecular weight excluding hydrogens is 265 g/mol. The summed E-state index contributed by atoms with van der Waals surface area (Å²) in [6.45, 7) is 1.65. The van der Waals surface area contributed by atoms with Gasteiger partial charge in [0.25, 0.3) is 0 Å². The number of esters is 1. The van der Waals surface area contributed by atoms with Crippen molar-refractivity contribution in [3.05, 3.63) is 23.9 Å². The number of rotatable bonds is 2. The number of pyridine rings is 1. The SMILES string of the molecule is COC(=O)c1ccc(N2CC(N)C2)nc1.Cl.Cl. The van der Waals surface area contributed by atoms with E-state index >= 15 is 0 Å². The Balaban J connectivity index is 0.00000128. The van der Waals surface area contributed by atoms with Gasteiger partial charge in [0.2, 0.25) is 0 Å². The standard InChI is InChI=1S/C10H13N3O2.2ClH/c1-15-10(14)7-2-3-9(12-4-7)13-5-8(11)6-13;;/h2-4,8H,5-6,11H2,1H3;2*1H. The Labute approximate surface area is 112 Å². The van der Waals surface area contributed by atoms with Crippen LogP contribution in [0.25, 0.3) is 0 Å². The van der Waals surface area contributed by atoms with Crippen LogP contribution in [0.3, 0.4) is 0 Å². The van der Waals surface area contributed by atoms with E-state index in [4.69, 9.17) is 5.73 Å². The van der Waals surface area contributed by atoms with Gasteiger partial charge in [0.15, 0.2) is 0 Å². The predicted molar refractivity (Wildman–Crippen MR) is 70.3 cm³/mol. The van der Waals surface area contributed by atoms with Crippen LogP contribution in [0, 0.1) is 0 Å². The zero-order chi connectivity index (χ0) is 10.8. The van der Waals surface area contributed by atoms with Crippen molar-refractivity contribution in [2.24, 2.45) is 5.73 Å². The number of methoxy groups -OCH3 is 1. The van der Waals surface area contributed by atoms with Crippen LogP contribution in [0.2, 0.25) is 0 Å². The van der Waals surface area contributed by atoms with Gasteiger partial charge in [-0.25, -0.2) is 9.78 Å². The van der Waals surface area contributed by atoms with Crippen molar-refractivity contribution in [2.75, 3.05) is 25.1 Å². The van der Waals surface area contributed by atoms with Crippen molar-refractivity contribution < 1.29 is 9.53 Å². The summed E-state index contributed by atoms with van der Waals surface area (Å²) in [5, 5.41) is 0. The molecular formula is C10H15Cl2N3O2. The number of carbonyl (C=O) groups is 1. The minimum atomic E-state index is -0.366. The lowest BCUT2D eigenvalue weighted by molar-refractivity contribution is 0.0600. The van der Waals surface area contributed by atoms with Gasteiger partial charge in [-0.3, -0.25) is 0 Å². The lowest BCUT2D eigenvalue weighted by atomic mass is 10.1. The maximum absolute atomic E-state index is 11.1. The topological polar surface area (TPSA) is 68.5 Å². The van der Waals surface area contributed by atoms with Crippen LogP contribution in [-0.4, -0.2) is 37.2 Å². The normalized spacial score (nSPS) is 14.1. The molecule has 0 amide bonds. The maximum atomic E-state index is 11.1. The molecule has 1 saturated heterocycles. The number of carbonyl (C=O) groups excluding carboxylic acids is 1. The molecule has 0 unspecified atom stereocenters. The zero-order valence-electron chi connectivity index (χ0n) is 9.33. The second-order valence-corrected chi connectivity index (χ2v) is 3.56. The summed E-state index contributed by atoms with van der Waals surface area (Å²) in [7, 11) is 1.35. The summed E-state index contributed by atoms with van der Waals surface area (Å²) in [6.07, 6.45) is 1.52. The number of hydrogen-bond donors (Lipinski definition) is 1. The number of aromatic nitrogens is 1. The van der Waals surface area contributed by atoms with Crippen LogP contribution in [0.1, 0.15) is 10.4 Å². The van der Waals surface area contributed by atoms with Crippen molar-refractivity contribution in [1.82, 2.24) is 4.98 Å². The molecule has 0 spiro atoms. The molecule has 0 aliphatic carbocycles. The Hall–Kier alpha value is -1.04. The molecule has 1 aliphatic rings. The van der Waals surface area contributed by atoms with E-state index in [2.05, 4.69) is 14.6 Å². The molecule has 2 N–H and O–H groups in total. The third-order valence-corrected chi connectivity index (χ3v) is 2.40. The first-order valence-electron chi connectivity index (χ1n) is 4.75. The van der Waals surface area contributed by atoms with Crippen molar-refractivity contribution in [3.8, 4) is 0 Å². The summed E-state index contributed by atoms with van der Waals surface area (Å²) >= 11 is 0. The Morgan fingerprint density at radius 2 is 2.12 bits per heavy atom. The van der Waals surface area contributed by atoms with Gasteiger partial charge < -0.3 is 15.4 Å². The van der Waals surface area contributed by atoms with Crippen LogP contribution in [0.15, 0.2) is 18.3 Å². The first-order chi connectivity index (χ1) is 7.20. The Morgan fingerprint density at radius 1 is 1.47 bits per heavy atom. The highest BCUT2D eigenvalue weighted by atomic mass is 35.5. The molecule has 1 aliphatic heterocycles. The summed E-state index contributed by atoms with van der Waals surface area (Å²) in [5.74, 6) is 0.485. The first kappa shape index (κ1) is 16.0. The fourth-order valence-corrected chi connectivity index (χ4v) is 1.51. The zero-order valence-corrected chi connectivity index (χ0v) is 11.0. The molecule has 5 nitrogen and oxygen atoms in total. The monoisotopic (exact) mass is 279 g/mol. The van der Waals surface area contributed by atoms with E-state index in [0.29, 0.717) is 5.56 Å². The van der Waals surface area contributed by atoms with Crippen molar-refractivity contribution in [2.45, 2.75) is 6.04 Å². The van der Waals surface area contributed by atoms with E-state index in [1.54, 1.807) is 12.1 Å². The van der Waals surface area contributed by atoms with Crippen LogP contribution in [-0.2, 0) is 4.74 Å². The van der Waals surface area contributed by atoms with Gasteiger partial charge in [0, 0.05) is 25.3 Å². The molecule has 0 saturated carbocycles. The molecule has 1 aromatic heterocycles. The number of ether oxygens (including phenoxy) is 1. The van der Waals surface area contributed by atoms with Gasteiger partial charge in [0.05, 0.1) is 12.7 Å². The summed E-state index contributed by atoms with van der Waals surface area (Å²) in [5.41, 5.74) is 6.13. The van der Waals surface area contributed by atoms with Gasteiger partial charge in [-0.15, -0.1) is 24.8 Å². The van der Waals surface area contributed by atoms with E-state index < -0.39 is 0 Å². The highest BCUT2D eigenvalue weighted by Gasteiger charge is 2.24. The summed E-state index contributed by atoms with van der Waals surface area (Å²) < 4.78 is 4.58. The third-order valence-electron chi connectivity index (χ3n) is 2.40. The van der Waals surface area contributed by atoms with Gasteiger partial charge in [-0.2, -0.15) is 0 Å². The molecule has 0 bridgehead atoms. The van der Waals surface area contributed by atoms with Crippen LogP contribution in [0.4, 0.5) is 5.82 Å². The molecule has 17 heavy (non-hydrogen) atoms. The second-order valence-electron chi connectivity index (χ2n) is 3.56. The average molecular weight is 280 g/mol. The quantitative estimate of drug-likeness (QED) is 0.814. The highest BCUT2D eigenvalue weighted by Crippen LogP contribution is 2.17. The number of hydrogen-bond acceptors (Lipinski definition) is 5. The minimum Gasteiger partial charge on any atom is -0.465 e. The second kappa shape index (κ2) is 6.64. The third kappa shape index (κ3) is 3.46.